The number of cyclic esters (lactones) is 1. The van der Waals surface area contributed by atoms with Gasteiger partial charge in [-0.05, 0) is 17.4 Å². The van der Waals surface area contributed by atoms with Crippen LogP contribution >= 0.6 is 0 Å². The first kappa shape index (κ1) is 17.0. The Morgan fingerprint density at radius 1 is 1.25 bits per heavy atom. The second-order valence-corrected chi connectivity index (χ2v) is 7.36. The number of benzene rings is 1. The minimum atomic E-state index is -0.479. The number of hydrogen-bond donors (Lipinski definition) is 0. The van der Waals surface area contributed by atoms with Crippen LogP contribution in [0.15, 0.2) is 30.3 Å². The number of ether oxygens (including phenoxy) is 1. The lowest BCUT2D eigenvalue weighted by Gasteiger charge is -2.26. The lowest BCUT2D eigenvalue weighted by molar-refractivity contribution is -0.134. The predicted octanol–water partition coefficient (Wildman–Crippen LogP) is 2.76. The van der Waals surface area contributed by atoms with Gasteiger partial charge in [-0.25, -0.2) is 9.69 Å². The van der Waals surface area contributed by atoms with Crippen LogP contribution < -0.4 is 0 Å². The first-order chi connectivity index (χ1) is 11.5. The molecule has 0 radical (unpaired) electrons. The molecular formula is C19H26N2O3. The van der Waals surface area contributed by atoms with E-state index in [4.69, 9.17) is 4.74 Å². The maximum atomic E-state index is 13.0. The number of imide groups is 1. The van der Waals surface area contributed by atoms with E-state index >= 15 is 0 Å². The topological polar surface area (TPSA) is 49.9 Å². The van der Waals surface area contributed by atoms with Crippen molar-refractivity contribution in [2.75, 3.05) is 19.7 Å². The smallest absolute Gasteiger partial charge is 0.416 e. The fourth-order valence-electron chi connectivity index (χ4n) is 3.72. The first-order valence-electron chi connectivity index (χ1n) is 8.73. The van der Waals surface area contributed by atoms with Crippen molar-refractivity contribution in [3.63, 3.8) is 0 Å². The monoisotopic (exact) mass is 330 g/mol. The van der Waals surface area contributed by atoms with Crippen LogP contribution in [-0.4, -0.2) is 47.5 Å². The molecule has 2 aliphatic rings. The van der Waals surface area contributed by atoms with Gasteiger partial charge in [-0.1, -0.05) is 51.1 Å². The third-order valence-corrected chi connectivity index (χ3v) is 5.17. The molecular weight excluding hydrogens is 304 g/mol. The second kappa shape index (κ2) is 6.93. The molecule has 130 valence electrons. The Hall–Kier alpha value is -1.88. The second-order valence-electron chi connectivity index (χ2n) is 7.36. The Labute approximate surface area is 143 Å². The summed E-state index contributed by atoms with van der Waals surface area (Å²) >= 11 is 0. The lowest BCUT2D eigenvalue weighted by Crippen LogP contribution is -2.46. The summed E-state index contributed by atoms with van der Waals surface area (Å²) in [5.74, 6) is 0.236. The molecule has 1 aromatic rings. The first-order valence-corrected chi connectivity index (χ1v) is 8.73. The van der Waals surface area contributed by atoms with Crippen LogP contribution in [-0.2, 0) is 16.1 Å². The van der Waals surface area contributed by atoms with E-state index < -0.39 is 6.09 Å². The molecule has 2 heterocycles. The van der Waals surface area contributed by atoms with E-state index in [2.05, 4.69) is 24.0 Å². The van der Waals surface area contributed by atoms with Gasteiger partial charge in [0.25, 0.3) is 0 Å². The average Bonchev–Trinajstić information content (AvgIpc) is 3.11. The molecule has 2 fully saturated rings. The molecule has 2 saturated heterocycles. The van der Waals surface area contributed by atoms with Crippen molar-refractivity contribution < 1.29 is 14.3 Å². The van der Waals surface area contributed by atoms with Crippen LogP contribution in [0.2, 0.25) is 0 Å². The normalized spacial score (nSPS) is 27.8. The van der Waals surface area contributed by atoms with Crippen LogP contribution in [0.25, 0.3) is 0 Å². The van der Waals surface area contributed by atoms with Crippen molar-refractivity contribution in [1.82, 2.24) is 9.80 Å². The molecule has 0 N–H and O–H groups in total. The van der Waals surface area contributed by atoms with E-state index in [-0.39, 0.29) is 29.7 Å². The Bertz CT molecular complexity index is 602. The maximum absolute atomic E-state index is 13.0. The highest BCUT2D eigenvalue weighted by Gasteiger charge is 2.45. The summed E-state index contributed by atoms with van der Waals surface area (Å²) in [6.45, 7) is 8.87. The lowest BCUT2D eigenvalue weighted by atomic mass is 9.95. The Balaban J connectivity index is 1.68. The van der Waals surface area contributed by atoms with Crippen LogP contribution in [0.5, 0.6) is 0 Å². The fraction of sp³-hybridized carbons (Fsp3) is 0.579. The molecule has 0 bridgehead atoms. The molecule has 2 amide bonds. The van der Waals surface area contributed by atoms with E-state index in [1.165, 1.54) is 10.5 Å². The summed E-state index contributed by atoms with van der Waals surface area (Å²) in [7, 11) is 0. The van der Waals surface area contributed by atoms with E-state index in [1.807, 2.05) is 32.0 Å². The number of nitrogens with zero attached hydrogens (tertiary/aromatic N) is 2. The highest BCUT2D eigenvalue weighted by molar-refractivity contribution is 5.95. The third kappa shape index (κ3) is 3.31. The zero-order valence-electron chi connectivity index (χ0n) is 14.6. The summed E-state index contributed by atoms with van der Waals surface area (Å²) < 4.78 is 5.13. The van der Waals surface area contributed by atoms with Gasteiger partial charge in [0.15, 0.2) is 0 Å². The number of carbonyl (C=O) groups is 2. The van der Waals surface area contributed by atoms with Gasteiger partial charge in [-0.3, -0.25) is 9.69 Å². The summed E-state index contributed by atoms with van der Waals surface area (Å²) in [4.78, 5) is 28.7. The van der Waals surface area contributed by atoms with Gasteiger partial charge in [-0.2, -0.15) is 0 Å². The molecule has 5 heteroatoms. The summed E-state index contributed by atoms with van der Waals surface area (Å²) in [6, 6.07) is 10.1. The minimum Gasteiger partial charge on any atom is -0.447 e. The maximum Gasteiger partial charge on any atom is 0.416 e. The highest BCUT2D eigenvalue weighted by atomic mass is 16.6. The van der Waals surface area contributed by atoms with Crippen molar-refractivity contribution in [1.29, 1.82) is 0 Å². The van der Waals surface area contributed by atoms with Gasteiger partial charge in [0, 0.05) is 19.6 Å². The molecule has 0 aromatic heterocycles. The minimum absolute atomic E-state index is 0.0701. The largest absolute Gasteiger partial charge is 0.447 e. The van der Waals surface area contributed by atoms with Crippen molar-refractivity contribution >= 4 is 12.0 Å². The van der Waals surface area contributed by atoms with Gasteiger partial charge < -0.3 is 4.74 Å². The fourth-order valence-corrected chi connectivity index (χ4v) is 3.72. The summed E-state index contributed by atoms with van der Waals surface area (Å²) in [6.07, 6.45) is -0.479. The van der Waals surface area contributed by atoms with Gasteiger partial charge in [-0.15, -0.1) is 0 Å². The number of amides is 2. The molecule has 3 atom stereocenters. The van der Waals surface area contributed by atoms with Crippen molar-refractivity contribution in [3.8, 4) is 0 Å². The van der Waals surface area contributed by atoms with Crippen LogP contribution in [0.1, 0.15) is 26.3 Å². The zero-order chi connectivity index (χ0) is 17.3. The van der Waals surface area contributed by atoms with Gasteiger partial charge >= 0.3 is 6.09 Å². The molecule has 2 aliphatic heterocycles. The molecule has 1 aromatic carbocycles. The molecule has 0 saturated carbocycles. The summed E-state index contributed by atoms with van der Waals surface area (Å²) in [5.41, 5.74) is 1.25. The Kier molecular flexibility index (Phi) is 4.90. The van der Waals surface area contributed by atoms with Crippen LogP contribution in [0.3, 0.4) is 0 Å². The SMILES string of the molecule is CC(C)[C@H]1COC(=O)N1C(=O)[C@H]1CN(Cc2ccccc2)C[C@@H]1C. The number of carbonyl (C=O) groups excluding carboxylic acids is 2. The van der Waals surface area contributed by atoms with E-state index in [1.54, 1.807) is 0 Å². The van der Waals surface area contributed by atoms with Gasteiger partial charge in [0.05, 0.1) is 12.0 Å². The number of likely N-dealkylation sites (tertiary alicyclic amines) is 1. The van der Waals surface area contributed by atoms with Crippen LogP contribution in [0, 0.1) is 17.8 Å². The van der Waals surface area contributed by atoms with E-state index in [9.17, 15) is 9.59 Å². The molecule has 0 spiro atoms. The average molecular weight is 330 g/mol. The summed E-state index contributed by atoms with van der Waals surface area (Å²) in [5, 5.41) is 0. The molecule has 0 aliphatic carbocycles. The predicted molar refractivity (Wildman–Crippen MR) is 91.2 cm³/mol. The molecule has 24 heavy (non-hydrogen) atoms. The van der Waals surface area contributed by atoms with E-state index in [0.717, 1.165) is 13.1 Å². The van der Waals surface area contributed by atoms with Crippen LogP contribution in [0.4, 0.5) is 4.79 Å². The Morgan fingerprint density at radius 2 is 1.96 bits per heavy atom. The highest BCUT2D eigenvalue weighted by Crippen LogP contribution is 2.30. The standard InChI is InChI=1S/C19H26N2O3/c1-13(2)17-12-24-19(23)21(17)18(22)16-11-20(9-14(16)3)10-15-7-5-4-6-8-15/h4-8,13-14,16-17H,9-12H2,1-3H3/t14-,16-,17+/m0/s1. The van der Waals surface area contributed by atoms with Crippen molar-refractivity contribution in [2.24, 2.45) is 17.8 Å². The van der Waals surface area contributed by atoms with Gasteiger partial charge in [0.1, 0.15) is 6.61 Å². The van der Waals surface area contributed by atoms with Crippen molar-refractivity contribution in [2.45, 2.75) is 33.4 Å². The number of hydrogen-bond acceptors (Lipinski definition) is 4. The van der Waals surface area contributed by atoms with Gasteiger partial charge in [0.2, 0.25) is 5.91 Å². The van der Waals surface area contributed by atoms with E-state index in [0.29, 0.717) is 13.2 Å². The third-order valence-electron chi connectivity index (χ3n) is 5.17. The number of rotatable bonds is 4. The Morgan fingerprint density at radius 3 is 2.62 bits per heavy atom. The van der Waals surface area contributed by atoms with Crippen molar-refractivity contribution in [3.05, 3.63) is 35.9 Å². The molecule has 0 unspecified atom stereocenters. The quantitative estimate of drug-likeness (QED) is 0.852. The molecule has 5 nitrogen and oxygen atoms in total. The zero-order valence-corrected chi connectivity index (χ0v) is 14.6. The molecule has 3 rings (SSSR count).